The number of imidazole rings is 1. The molecule has 0 radical (unpaired) electrons. The van der Waals surface area contributed by atoms with Crippen LogP contribution < -0.4 is 0 Å². The first kappa shape index (κ1) is 20.1. The summed E-state index contributed by atoms with van der Waals surface area (Å²) in [6, 6.07) is 5.12. The largest absolute Gasteiger partial charge is 0.336 e. The molecule has 148 valence electrons. The van der Waals surface area contributed by atoms with Crippen LogP contribution in [0.1, 0.15) is 52.0 Å². The highest BCUT2D eigenvalue weighted by atomic mass is 35.5. The van der Waals surface area contributed by atoms with Gasteiger partial charge >= 0.3 is 0 Å². The molecule has 0 aliphatic carbocycles. The molecule has 2 fully saturated rings. The highest BCUT2D eigenvalue weighted by molar-refractivity contribution is 5.85. The van der Waals surface area contributed by atoms with Gasteiger partial charge in [0.25, 0.3) is 0 Å². The molecule has 2 aromatic heterocycles. The summed E-state index contributed by atoms with van der Waals surface area (Å²) < 4.78 is 2.21. The predicted molar refractivity (Wildman–Crippen MR) is 109 cm³/mol. The molecule has 1 amide bonds. The van der Waals surface area contributed by atoms with Crippen LogP contribution in [0.3, 0.4) is 0 Å². The van der Waals surface area contributed by atoms with E-state index in [1.807, 2.05) is 24.7 Å². The van der Waals surface area contributed by atoms with Crippen LogP contribution in [-0.4, -0.2) is 62.0 Å². The number of nitrogens with zero attached hydrogens (tertiary/aromatic N) is 5. The number of amides is 1. The smallest absolute Gasteiger partial charge is 0.237 e. The molecule has 27 heavy (non-hydrogen) atoms. The molecule has 2 unspecified atom stereocenters. The second kappa shape index (κ2) is 8.57. The number of pyridine rings is 1. The molecule has 2 atom stereocenters. The number of carbonyl (C=O) groups is 1. The third-order valence-electron chi connectivity index (χ3n) is 6.12. The average molecular weight is 392 g/mol. The third-order valence-corrected chi connectivity index (χ3v) is 6.12. The molecule has 0 N–H and O–H groups in total. The van der Waals surface area contributed by atoms with Gasteiger partial charge in [0, 0.05) is 37.4 Å². The molecule has 0 bridgehead atoms. The Morgan fingerprint density at radius 2 is 1.81 bits per heavy atom. The molecule has 2 aliphatic rings. The van der Waals surface area contributed by atoms with Crippen molar-refractivity contribution in [2.45, 2.75) is 64.1 Å². The molecule has 4 rings (SSSR count). The van der Waals surface area contributed by atoms with Crippen LogP contribution in [0, 0.1) is 0 Å². The third kappa shape index (κ3) is 4.11. The van der Waals surface area contributed by atoms with Gasteiger partial charge in [0.05, 0.1) is 12.9 Å². The van der Waals surface area contributed by atoms with Crippen molar-refractivity contribution in [3.63, 3.8) is 0 Å². The van der Waals surface area contributed by atoms with E-state index in [1.165, 1.54) is 6.42 Å². The van der Waals surface area contributed by atoms with E-state index in [-0.39, 0.29) is 12.4 Å². The second-order valence-electron chi connectivity index (χ2n) is 7.94. The fourth-order valence-electron chi connectivity index (χ4n) is 4.68. The molecular weight excluding hydrogens is 362 g/mol. The molecule has 4 heterocycles. The highest BCUT2D eigenvalue weighted by Crippen LogP contribution is 2.27. The van der Waals surface area contributed by atoms with Crippen LogP contribution in [0.4, 0.5) is 0 Å². The standard InChI is InChI=1S/C20H29N5O.ClH/c1-15-5-3-6-16(2)25(15)19(26)13-23-11-8-17(9-12-23)24-14-22-18-7-4-10-21-20(18)24;/h4,7,10,14-17H,3,5-6,8-9,11-13H2,1-2H3;1H. The minimum absolute atomic E-state index is 0. The van der Waals surface area contributed by atoms with E-state index in [9.17, 15) is 4.79 Å². The normalized spacial score (nSPS) is 24.7. The number of hydrogen-bond acceptors (Lipinski definition) is 4. The average Bonchev–Trinajstić information content (AvgIpc) is 3.06. The minimum Gasteiger partial charge on any atom is -0.336 e. The van der Waals surface area contributed by atoms with E-state index in [0.717, 1.165) is 49.9 Å². The van der Waals surface area contributed by atoms with Crippen molar-refractivity contribution >= 4 is 29.5 Å². The summed E-state index contributed by atoms with van der Waals surface area (Å²) in [7, 11) is 0. The summed E-state index contributed by atoms with van der Waals surface area (Å²) in [5.41, 5.74) is 1.93. The van der Waals surface area contributed by atoms with Gasteiger partial charge in [-0.05, 0) is 58.1 Å². The summed E-state index contributed by atoms with van der Waals surface area (Å²) in [6.07, 6.45) is 9.35. The van der Waals surface area contributed by atoms with E-state index >= 15 is 0 Å². The molecule has 0 saturated carbocycles. The van der Waals surface area contributed by atoms with Crippen molar-refractivity contribution < 1.29 is 4.79 Å². The lowest BCUT2D eigenvalue weighted by atomic mass is 9.97. The first-order valence-electron chi connectivity index (χ1n) is 9.94. The summed E-state index contributed by atoms with van der Waals surface area (Å²) >= 11 is 0. The van der Waals surface area contributed by atoms with E-state index < -0.39 is 0 Å². The van der Waals surface area contributed by atoms with Crippen LogP contribution in [0.15, 0.2) is 24.7 Å². The maximum absolute atomic E-state index is 12.8. The van der Waals surface area contributed by atoms with Crippen molar-refractivity contribution in [3.8, 4) is 0 Å². The monoisotopic (exact) mass is 391 g/mol. The topological polar surface area (TPSA) is 54.3 Å². The van der Waals surface area contributed by atoms with Gasteiger partial charge in [0.2, 0.25) is 5.91 Å². The molecule has 6 nitrogen and oxygen atoms in total. The van der Waals surface area contributed by atoms with Crippen LogP contribution in [0.25, 0.3) is 11.2 Å². The Bertz CT molecular complexity index is 761. The van der Waals surface area contributed by atoms with E-state index in [1.54, 1.807) is 0 Å². The summed E-state index contributed by atoms with van der Waals surface area (Å²) in [5.74, 6) is 0.304. The molecule has 2 saturated heterocycles. The number of carbonyl (C=O) groups excluding carboxylic acids is 1. The van der Waals surface area contributed by atoms with Crippen LogP contribution in [0.5, 0.6) is 0 Å². The molecule has 2 aliphatic heterocycles. The number of fused-ring (bicyclic) bond motifs is 1. The number of aromatic nitrogens is 3. The first-order chi connectivity index (χ1) is 12.6. The predicted octanol–water partition coefficient (Wildman–Crippen LogP) is 3.28. The molecule has 7 heteroatoms. The maximum atomic E-state index is 12.8. The Morgan fingerprint density at radius 1 is 1.11 bits per heavy atom. The zero-order valence-corrected chi connectivity index (χ0v) is 17.1. The summed E-state index contributed by atoms with van der Waals surface area (Å²) in [4.78, 5) is 26.2. The Balaban J connectivity index is 0.00000210. The fourth-order valence-corrected chi connectivity index (χ4v) is 4.68. The van der Waals surface area contributed by atoms with Gasteiger partial charge in [-0.15, -0.1) is 12.4 Å². The van der Waals surface area contributed by atoms with E-state index in [2.05, 4.69) is 38.2 Å². The lowest BCUT2D eigenvalue weighted by Gasteiger charge is -2.41. The quantitative estimate of drug-likeness (QED) is 0.805. The van der Waals surface area contributed by atoms with Crippen molar-refractivity contribution in [1.29, 1.82) is 0 Å². The van der Waals surface area contributed by atoms with Crippen molar-refractivity contribution in [2.24, 2.45) is 0 Å². The van der Waals surface area contributed by atoms with Crippen LogP contribution >= 0.6 is 12.4 Å². The van der Waals surface area contributed by atoms with Crippen molar-refractivity contribution in [1.82, 2.24) is 24.3 Å². The van der Waals surface area contributed by atoms with Gasteiger partial charge in [-0.2, -0.15) is 0 Å². The molecule has 2 aromatic rings. The zero-order valence-electron chi connectivity index (χ0n) is 16.3. The minimum atomic E-state index is 0. The molecule has 0 aromatic carbocycles. The Hall–Kier alpha value is -1.66. The maximum Gasteiger partial charge on any atom is 0.237 e. The van der Waals surface area contributed by atoms with Crippen LogP contribution in [-0.2, 0) is 4.79 Å². The number of piperidine rings is 2. The second-order valence-corrected chi connectivity index (χ2v) is 7.94. The number of likely N-dealkylation sites (tertiary alicyclic amines) is 2. The van der Waals surface area contributed by atoms with E-state index in [4.69, 9.17) is 0 Å². The number of hydrogen-bond donors (Lipinski definition) is 0. The van der Waals surface area contributed by atoms with Gasteiger partial charge < -0.3 is 9.47 Å². The lowest BCUT2D eigenvalue weighted by Crippen LogP contribution is -2.51. The zero-order chi connectivity index (χ0) is 18.1. The number of halogens is 1. The summed E-state index contributed by atoms with van der Waals surface area (Å²) in [5, 5.41) is 0. The highest BCUT2D eigenvalue weighted by Gasteiger charge is 2.31. The van der Waals surface area contributed by atoms with Gasteiger partial charge in [0.15, 0.2) is 5.65 Å². The van der Waals surface area contributed by atoms with Gasteiger partial charge in [-0.3, -0.25) is 9.69 Å². The SMILES string of the molecule is CC1CCCC(C)N1C(=O)CN1CCC(n2cnc3cccnc32)CC1.Cl. The van der Waals surface area contributed by atoms with E-state index in [0.29, 0.717) is 30.6 Å². The Morgan fingerprint density at radius 3 is 2.52 bits per heavy atom. The summed E-state index contributed by atoms with van der Waals surface area (Å²) in [6.45, 7) is 6.86. The number of rotatable bonds is 3. The molecule has 0 spiro atoms. The lowest BCUT2D eigenvalue weighted by molar-refractivity contribution is -0.138. The van der Waals surface area contributed by atoms with Gasteiger partial charge in [-0.25, -0.2) is 9.97 Å². The molecular formula is C20H30ClN5O. The Labute approximate surface area is 167 Å². The van der Waals surface area contributed by atoms with Gasteiger partial charge in [-0.1, -0.05) is 0 Å². The Kier molecular flexibility index (Phi) is 6.37. The van der Waals surface area contributed by atoms with Crippen molar-refractivity contribution in [3.05, 3.63) is 24.7 Å². The van der Waals surface area contributed by atoms with Crippen molar-refractivity contribution in [2.75, 3.05) is 19.6 Å². The van der Waals surface area contributed by atoms with Crippen LogP contribution in [0.2, 0.25) is 0 Å². The first-order valence-corrected chi connectivity index (χ1v) is 9.94. The fraction of sp³-hybridized carbons (Fsp3) is 0.650. The van der Waals surface area contributed by atoms with Gasteiger partial charge in [0.1, 0.15) is 5.52 Å².